The van der Waals surface area contributed by atoms with Crippen molar-refractivity contribution in [2.45, 2.75) is 33.2 Å². The lowest BCUT2D eigenvalue weighted by Crippen LogP contribution is -2.42. The number of amides is 1. The highest BCUT2D eigenvalue weighted by molar-refractivity contribution is 5.83. The molecule has 0 atom stereocenters. The summed E-state index contributed by atoms with van der Waals surface area (Å²) in [4.78, 5) is 25.4. The molecule has 0 unspecified atom stereocenters. The standard InChI is InChI=1S/C16H23NO4/c1-5-21-16(19)11-17(12(2)3)15(18)10-13-6-8-14(20-4)9-7-13/h6-9,12H,5,10-11H2,1-4H3. The largest absolute Gasteiger partial charge is 0.497 e. The smallest absolute Gasteiger partial charge is 0.325 e. The van der Waals surface area contributed by atoms with E-state index in [1.54, 1.807) is 14.0 Å². The van der Waals surface area contributed by atoms with Crippen molar-refractivity contribution in [2.75, 3.05) is 20.3 Å². The van der Waals surface area contributed by atoms with Gasteiger partial charge in [0.2, 0.25) is 5.91 Å². The second-order valence-corrected chi connectivity index (χ2v) is 4.95. The van der Waals surface area contributed by atoms with Gasteiger partial charge in [0.15, 0.2) is 0 Å². The third-order valence-corrected chi connectivity index (χ3v) is 3.06. The fourth-order valence-electron chi connectivity index (χ4n) is 1.92. The van der Waals surface area contributed by atoms with Crippen molar-refractivity contribution in [1.29, 1.82) is 0 Å². The van der Waals surface area contributed by atoms with Crippen LogP contribution in [-0.2, 0) is 20.7 Å². The van der Waals surface area contributed by atoms with Gasteiger partial charge in [-0.3, -0.25) is 9.59 Å². The summed E-state index contributed by atoms with van der Waals surface area (Å²) in [5.74, 6) is 0.274. The maximum absolute atomic E-state index is 12.3. The quantitative estimate of drug-likeness (QED) is 0.722. The summed E-state index contributed by atoms with van der Waals surface area (Å²) in [7, 11) is 1.60. The first-order chi connectivity index (χ1) is 9.97. The lowest BCUT2D eigenvalue weighted by Gasteiger charge is -2.25. The molecule has 1 aromatic carbocycles. The van der Waals surface area contributed by atoms with E-state index in [1.807, 2.05) is 38.1 Å². The Kier molecular flexibility index (Phi) is 6.72. The van der Waals surface area contributed by atoms with Gasteiger partial charge in [0.05, 0.1) is 20.1 Å². The molecule has 0 heterocycles. The van der Waals surface area contributed by atoms with Crippen molar-refractivity contribution in [3.8, 4) is 5.75 Å². The van der Waals surface area contributed by atoms with Crippen LogP contribution in [0.15, 0.2) is 24.3 Å². The zero-order valence-corrected chi connectivity index (χ0v) is 13.1. The lowest BCUT2D eigenvalue weighted by molar-refractivity contribution is -0.149. The highest BCUT2D eigenvalue weighted by Gasteiger charge is 2.20. The fourth-order valence-corrected chi connectivity index (χ4v) is 1.92. The van der Waals surface area contributed by atoms with Crippen molar-refractivity contribution >= 4 is 11.9 Å². The number of hydrogen-bond donors (Lipinski definition) is 0. The van der Waals surface area contributed by atoms with Crippen LogP contribution < -0.4 is 4.74 Å². The minimum atomic E-state index is -0.380. The van der Waals surface area contributed by atoms with E-state index in [0.29, 0.717) is 6.61 Å². The average molecular weight is 293 g/mol. The Bertz CT molecular complexity index is 468. The number of hydrogen-bond acceptors (Lipinski definition) is 4. The highest BCUT2D eigenvalue weighted by atomic mass is 16.5. The molecule has 0 saturated carbocycles. The number of ether oxygens (including phenoxy) is 2. The normalized spacial score (nSPS) is 10.3. The molecule has 0 radical (unpaired) electrons. The Morgan fingerprint density at radius 3 is 2.29 bits per heavy atom. The van der Waals surface area contributed by atoms with Gasteiger partial charge in [0.25, 0.3) is 0 Å². The molecule has 1 aromatic rings. The molecular formula is C16H23NO4. The van der Waals surface area contributed by atoms with Gasteiger partial charge in [-0.1, -0.05) is 12.1 Å². The van der Waals surface area contributed by atoms with E-state index in [1.165, 1.54) is 4.90 Å². The zero-order valence-electron chi connectivity index (χ0n) is 13.1. The van der Waals surface area contributed by atoms with Gasteiger partial charge in [-0.2, -0.15) is 0 Å². The van der Waals surface area contributed by atoms with E-state index in [4.69, 9.17) is 9.47 Å². The van der Waals surface area contributed by atoms with Gasteiger partial charge in [-0.25, -0.2) is 0 Å². The van der Waals surface area contributed by atoms with Crippen LogP contribution in [0.25, 0.3) is 0 Å². The molecule has 5 heteroatoms. The Morgan fingerprint density at radius 1 is 1.19 bits per heavy atom. The second-order valence-electron chi connectivity index (χ2n) is 4.95. The van der Waals surface area contributed by atoms with Crippen LogP contribution in [-0.4, -0.2) is 43.1 Å². The molecular weight excluding hydrogens is 270 g/mol. The summed E-state index contributed by atoms with van der Waals surface area (Å²) >= 11 is 0. The Balaban J connectivity index is 2.69. The molecule has 1 rings (SSSR count). The topological polar surface area (TPSA) is 55.8 Å². The molecule has 0 fully saturated rings. The van der Waals surface area contributed by atoms with Crippen LogP contribution in [0.3, 0.4) is 0 Å². The molecule has 0 aliphatic carbocycles. The molecule has 0 aliphatic rings. The summed E-state index contributed by atoms with van der Waals surface area (Å²) in [6, 6.07) is 7.26. The first-order valence-corrected chi connectivity index (χ1v) is 7.06. The Labute approximate surface area is 125 Å². The number of carbonyl (C=O) groups excluding carboxylic acids is 2. The van der Waals surface area contributed by atoms with Crippen LogP contribution in [0.1, 0.15) is 26.3 Å². The summed E-state index contributed by atoms with van der Waals surface area (Å²) in [6.07, 6.45) is 0.252. The predicted octanol–water partition coefficient (Wildman–Crippen LogP) is 2.04. The van der Waals surface area contributed by atoms with Gasteiger partial charge in [0, 0.05) is 6.04 Å². The van der Waals surface area contributed by atoms with Crippen molar-refractivity contribution in [3.05, 3.63) is 29.8 Å². The molecule has 0 aliphatic heterocycles. The average Bonchev–Trinajstić information content (AvgIpc) is 2.45. The minimum Gasteiger partial charge on any atom is -0.497 e. The molecule has 21 heavy (non-hydrogen) atoms. The van der Waals surface area contributed by atoms with Gasteiger partial charge >= 0.3 is 5.97 Å². The van der Waals surface area contributed by atoms with E-state index in [2.05, 4.69) is 0 Å². The molecule has 0 aromatic heterocycles. The van der Waals surface area contributed by atoms with Crippen molar-refractivity contribution in [3.63, 3.8) is 0 Å². The SMILES string of the molecule is CCOC(=O)CN(C(=O)Cc1ccc(OC)cc1)C(C)C. The van der Waals surface area contributed by atoms with Crippen molar-refractivity contribution in [2.24, 2.45) is 0 Å². The maximum atomic E-state index is 12.3. The summed E-state index contributed by atoms with van der Waals surface area (Å²) in [5.41, 5.74) is 0.885. The van der Waals surface area contributed by atoms with Crippen molar-refractivity contribution in [1.82, 2.24) is 4.90 Å². The molecule has 116 valence electrons. The maximum Gasteiger partial charge on any atom is 0.325 e. The van der Waals surface area contributed by atoms with E-state index in [0.717, 1.165) is 11.3 Å². The molecule has 0 bridgehead atoms. The highest BCUT2D eigenvalue weighted by Crippen LogP contribution is 2.13. The van der Waals surface area contributed by atoms with Crippen LogP contribution in [0, 0.1) is 0 Å². The van der Waals surface area contributed by atoms with Gasteiger partial charge in [-0.15, -0.1) is 0 Å². The number of rotatable bonds is 7. The van der Waals surface area contributed by atoms with Gasteiger partial charge in [0.1, 0.15) is 12.3 Å². The monoisotopic (exact) mass is 293 g/mol. The number of nitrogens with zero attached hydrogens (tertiary/aromatic N) is 1. The van der Waals surface area contributed by atoms with E-state index in [-0.39, 0.29) is 30.9 Å². The van der Waals surface area contributed by atoms with Crippen LogP contribution >= 0.6 is 0 Å². The number of methoxy groups -OCH3 is 1. The lowest BCUT2D eigenvalue weighted by atomic mass is 10.1. The third kappa shape index (κ3) is 5.45. The first kappa shape index (κ1) is 17.0. The van der Waals surface area contributed by atoms with Crippen molar-refractivity contribution < 1.29 is 19.1 Å². The molecule has 0 spiro atoms. The molecule has 5 nitrogen and oxygen atoms in total. The van der Waals surface area contributed by atoms with Crippen LogP contribution in [0.2, 0.25) is 0 Å². The zero-order chi connectivity index (χ0) is 15.8. The second kappa shape index (κ2) is 8.29. The Morgan fingerprint density at radius 2 is 1.81 bits per heavy atom. The summed E-state index contributed by atoms with van der Waals surface area (Å²) in [6.45, 7) is 5.81. The van der Waals surface area contributed by atoms with E-state index >= 15 is 0 Å². The first-order valence-electron chi connectivity index (χ1n) is 7.06. The van der Waals surface area contributed by atoms with Gasteiger partial charge in [-0.05, 0) is 38.5 Å². The molecule has 1 amide bonds. The number of benzene rings is 1. The minimum absolute atomic E-state index is 0.0134. The Hall–Kier alpha value is -2.04. The molecule has 0 N–H and O–H groups in total. The predicted molar refractivity (Wildman–Crippen MR) is 80.2 cm³/mol. The fraction of sp³-hybridized carbons (Fsp3) is 0.500. The number of carbonyl (C=O) groups is 2. The van der Waals surface area contributed by atoms with Gasteiger partial charge < -0.3 is 14.4 Å². The van der Waals surface area contributed by atoms with E-state index in [9.17, 15) is 9.59 Å². The molecule has 0 saturated heterocycles. The summed E-state index contributed by atoms with van der Waals surface area (Å²) in [5, 5.41) is 0. The van der Waals surface area contributed by atoms with E-state index < -0.39 is 0 Å². The van der Waals surface area contributed by atoms with Crippen LogP contribution in [0.5, 0.6) is 5.75 Å². The number of esters is 1. The summed E-state index contributed by atoms with van der Waals surface area (Å²) < 4.78 is 9.99. The third-order valence-electron chi connectivity index (χ3n) is 3.06. The van der Waals surface area contributed by atoms with Crippen LogP contribution in [0.4, 0.5) is 0 Å².